The number of carbonyl (C=O) groups is 1. The number of para-hydroxylation sites is 1. The topological polar surface area (TPSA) is 67.2 Å². The van der Waals surface area contributed by atoms with Gasteiger partial charge in [0.05, 0.1) is 27.5 Å². The highest BCUT2D eigenvalue weighted by molar-refractivity contribution is 6.35. The molecular weight excluding hydrogens is 384 g/mol. The summed E-state index contributed by atoms with van der Waals surface area (Å²) in [5, 5.41) is 5.39. The van der Waals surface area contributed by atoms with Crippen molar-refractivity contribution in [3.8, 4) is 11.3 Å². The predicted octanol–water partition coefficient (Wildman–Crippen LogP) is 5.10. The molecule has 0 saturated carbocycles. The minimum atomic E-state index is -0.333. The number of nitrogens with zero attached hydrogens (tertiary/aromatic N) is 3. The van der Waals surface area contributed by atoms with E-state index in [-0.39, 0.29) is 5.91 Å². The zero-order chi connectivity index (χ0) is 20.2. The van der Waals surface area contributed by atoms with Crippen molar-refractivity contribution in [2.75, 3.05) is 0 Å². The van der Waals surface area contributed by atoms with Crippen molar-refractivity contribution in [3.63, 3.8) is 0 Å². The Morgan fingerprint density at radius 2 is 1.86 bits per heavy atom. The zero-order valence-corrected chi connectivity index (χ0v) is 16.4. The average Bonchev–Trinajstić information content (AvgIpc) is 2.78. The van der Waals surface area contributed by atoms with Crippen LogP contribution in [0.4, 0.5) is 0 Å². The zero-order valence-electron chi connectivity index (χ0n) is 15.6. The summed E-state index contributed by atoms with van der Waals surface area (Å²) in [6.45, 7) is 1.81. The third-order valence-electron chi connectivity index (χ3n) is 4.51. The van der Waals surface area contributed by atoms with Crippen LogP contribution in [0.25, 0.3) is 22.2 Å². The Morgan fingerprint density at radius 1 is 1.03 bits per heavy atom. The number of pyridine rings is 2. The largest absolute Gasteiger partial charge is 0.272 e. The maximum atomic E-state index is 13.0. The first-order valence-corrected chi connectivity index (χ1v) is 9.41. The molecule has 0 aliphatic rings. The summed E-state index contributed by atoms with van der Waals surface area (Å²) in [6.07, 6.45) is 3.38. The SMILES string of the molecule is C/C(=N\NC(=O)c1cc(-c2ccccc2)nc2c(Cl)cccc12)c1cccnc1. The molecule has 0 saturated heterocycles. The lowest BCUT2D eigenvalue weighted by Crippen LogP contribution is -2.20. The fraction of sp³-hybridized carbons (Fsp3) is 0.0435. The van der Waals surface area contributed by atoms with Gasteiger partial charge in [0, 0.05) is 28.9 Å². The fourth-order valence-electron chi connectivity index (χ4n) is 2.99. The Bertz CT molecular complexity index is 1210. The lowest BCUT2D eigenvalue weighted by atomic mass is 10.0. The molecule has 1 N–H and O–H groups in total. The van der Waals surface area contributed by atoms with Gasteiger partial charge in [-0.3, -0.25) is 9.78 Å². The summed E-state index contributed by atoms with van der Waals surface area (Å²) >= 11 is 6.37. The molecule has 0 spiro atoms. The van der Waals surface area contributed by atoms with Crippen LogP contribution >= 0.6 is 11.6 Å². The molecule has 0 atom stereocenters. The van der Waals surface area contributed by atoms with Crippen molar-refractivity contribution in [1.82, 2.24) is 15.4 Å². The van der Waals surface area contributed by atoms with Crippen LogP contribution in [-0.4, -0.2) is 21.6 Å². The highest BCUT2D eigenvalue weighted by Gasteiger charge is 2.15. The van der Waals surface area contributed by atoms with Gasteiger partial charge >= 0.3 is 0 Å². The summed E-state index contributed by atoms with van der Waals surface area (Å²) in [5.74, 6) is -0.333. The van der Waals surface area contributed by atoms with Gasteiger partial charge in [-0.1, -0.05) is 60.1 Å². The molecule has 5 nitrogen and oxygen atoms in total. The number of benzene rings is 2. The summed E-state index contributed by atoms with van der Waals surface area (Å²) < 4.78 is 0. The number of aromatic nitrogens is 2. The van der Waals surface area contributed by atoms with Crippen LogP contribution in [0.3, 0.4) is 0 Å². The molecule has 6 heteroatoms. The third-order valence-corrected chi connectivity index (χ3v) is 4.81. The number of halogens is 1. The van der Waals surface area contributed by atoms with Gasteiger partial charge in [0.15, 0.2) is 0 Å². The normalized spacial score (nSPS) is 11.4. The van der Waals surface area contributed by atoms with E-state index in [4.69, 9.17) is 11.6 Å². The first-order valence-electron chi connectivity index (χ1n) is 9.03. The third kappa shape index (κ3) is 4.00. The quantitative estimate of drug-likeness (QED) is 0.382. The minimum Gasteiger partial charge on any atom is -0.267 e. The molecule has 29 heavy (non-hydrogen) atoms. The van der Waals surface area contributed by atoms with Crippen molar-refractivity contribution in [3.05, 3.63) is 95.3 Å². The van der Waals surface area contributed by atoms with Crippen LogP contribution in [0.1, 0.15) is 22.8 Å². The molecule has 142 valence electrons. The maximum absolute atomic E-state index is 13.0. The van der Waals surface area contributed by atoms with Crippen molar-refractivity contribution >= 4 is 34.1 Å². The van der Waals surface area contributed by atoms with Gasteiger partial charge in [-0.15, -0.1) is 0 Å². The fourth-order valence-corrected chi connectivity index (χ4v) is 3.21. The molecule has 4 aromatic rings. The van der Waals surface area contributed by atoms with E-state index in [1.165, 1.54) is 0 Å². The van der Waals surface area contributed by atoms with E-state index in [1.54, 1.807) is 30.6 Å². The number of hydrogen-bond acceptors (Lipinski definition) is 4. The smallest absolute Gasteiger partial charge is 0.267 e. The highest BCUT2D eigenvalue weighted by Crippen LogP contribution is 2.29. The molecule has 0 aliphatic heterocycles. The van der Waals surface area contributed by atoms with E-state index >= 15 is 0 Å². The molecule has 0 unspecified atom stereocenters. The van der Waals surface area contributed by atoms with Crippen molar-refractivity contribution in [1.29, 1.82) is 0 Å². The Balaban J connectivity index is 1.76. The molecular formula is C23H17ClN4O. The summed E-state index contributed by atoms with van der Waals surface area (Å²) in [4.78, 5) is 21.7. The van der Waals surface area contributed by atoms with Crippen LogP contribution in [0.15, 0.2) is 84.2 Å². The molecule has 0 radical (unpaired) electrons. The van der Waals surface area contributed by atoms with Gasteiger partial charge in [-0.2, -0.15) is 5.10 Å². The first kappa shape index (κ1) is 18.8. The molecule has 1 amide bonds. The van der Waals surface area contributed by atoms with E-state index < -0.39 is 0 Å². The number of carbonyl (C=O) groups excluding carboxylic acids is 1. The lowest BCUT2D eigenvalue weighted by molar-refractivity contribution is 0.0956. The summed E-state index contributed by atoms with van der Waals surface area (Å²) in [5.41, 5.74) is 6.74. The number of amides is 1. The van der Waals surface area contributed by atoms with E-state index in [9.17, 15) is 4.79 Å². The van der Waals surface area contributed by atoms with Crippen molar-refractivity contribution in [2.24, 2.45) is 5.10 Å². The van der Waals surface area contributed by atoms with Gasteiger partial charge in [0.2, 0.25) is 0 Å². The van der Waals surface area contributed by atoms with Gasteiger partial charge in [0.1, 0.15) is 0 Å². The first-order chi connectivity index (χ1) is 14.1. The van der Waals surface area contributed by atoms with Crippen LogP contribution in [0, 0.1) is 0 Å². The van der Waals surface area contributed by atoms with Crippen LogP contribution in [0.2, 0.25) is 5.02 Å². The van der Waals surface area contributed by atoms with Gasteiger partial charge in [-0.05, 0) is 25.1 Å². The van der Waals surface area contributed by atoms with Gasteiger partial charge < -0.3 is 0 Å². The van der Waals surface area contributed by atoms with E-state index in [0.717, 1.165) is 11.1 Å². The maximum Gasteiger partial charge on any atom is 0.272 e. The standard InChI is InChI=1S/C23H17ClN4O/c1-15(17-9-6-12-25-14-17)27-28-23(29)19-13-21(16-7-3-2-4-8-16)26-22-18(19)10-5-11-20(22)24/h2-14H,1H3,(H,28,29)/b27-15+. The number of fused-ring (bicyclic) bond motifs is 1. The molecule has 2 heterocycles. The molecule has 2 aromatic heterocycles. The van der Waals surface area contributed by atoms with Gasteiger partial charge in [0.25, 0.3) is 5.91 Å². The van der Waals surface area contributed by atoms with Crippen LogP contribution < -0.4 is 5.43 Å². The van der Waals surface area contributed by atoms with E-state index in [1.807, 2.05) is 55.5 Å². The minimum absolute atomic E-state index is 0.333. The molecule has 0 bridgehead atoms. The summed E-state index contributed by atoms with van der Waals surface area (Å²) in [6, 6.07) is 20.5. The van der Waals surface area contributed by atoms with E-state index in [2.05, 4.69) is 20.5 Å². The van der Waals surface area contributed by atoms with Crippen LogP contribution in [-0.2, 0) is 0 Å². The predicted molar refractivity (Wildman–Crippen MR) is 116 cm³/mol. The van der Waals surface area contributed by atoms with Crippen molar-refractivity contribution in [2.45, 2.75) is 6.92 Å². The van der Waals surface area contributed by atoms with Crippen LogP contribution in [0.5, 0.6) is 0 Å². The Labute approximate surface area is 173 Å². The second-order valence-corrected chi connectivity index (χ2v) is 6.84. The molecule has 4 rings (SSSR count). The molecule has 0 fully saturated rings. The van der Waals surface area contributed by atoms with Gasteiger partial charge in [-0.25, -0.2) is 10.4 Å². The summed E-state index contributed by atoms with van der Waals surface area (Å²) in [7, 11) is 0. The second-order valence-electron chi connectivity index (χ2n) is 6.44. The number of hydrogen-bond donors (Lipinski definition) is 1. The molecule has 2 aromatic carbocycles. The monoisotopic (exact) mass is 400 g/mol. The Morgan fingerprint density at radius 3 is 2.62 bits per heavy atom. The molecule has 0 aliphatic carbocycles. The number of hydrazone groups is 1. The Kier molecular flexibility index (Phi) is 5.31. The number of rotatable bonds is 4. The number of nitrogens with one attached hydrogen (secondary N) is 1. The Hall–Kier alpha value is -3.57. The lowest BCUT2D eigenvalue weighted by Gasteiger charge is -2.10. The average molecular weight is 401 g/mol. The highest BCUT2D eigenvalue weighted by atomic mass is 35.5. The second kappa shape index (κ2) is 8.20. The van der Waals surface area contributed by atoms with E-state index in [0.29, 0.717) is 32.9 Å². The van der Waals surface area contributed by atoms with Crippen molar-refractivity contribution < 1.29 is 4.79 Å².